The van der Waals surface area contributed by atoms with Gasteiger partial charge in [-0.15, -0.1) is 0 Å². The number of nitrogen functional groups attached to an aromatic ring is 1. The predicted octanol–water partition coefficient (Wildman–Crippen LogP) is 3.37. The van der Waals surface area contributed by atoms with Gasteiger partial charge in [0.2, 0.25) is 0 Å². The van der Waals surface area contributed by atoms with Crippen LogP contribution in [0.1, 0.15) is 24.6 Å². The van der Waals surface area contributed by atoms with Crippen LogP contribution < -0.4 is 15.8 Å². The average molecular weight is 271 g/mol. The fourth-order valence-corrected chi connectivity index (χ4v) is 1.84. The van der Waals surface area contributed by atoms with Crippen molar-refractivity contribution in [3.8, 4) is 5.75 Å². The van der Waals surface area contributed by atoms with Crippen molar-refractivity contribution in [3.05, 3.63) is 47.8 Å². The van der Waals surface area contributed by atoms with Crippen molar-refractivity contribution in [1.29, 1.82) is 0 Å². The molecule has 0 saturated heterocycles. The zero-order chi connectivity index (χ0) is 14.4. The van der Waals surface area contributed by atoms with Gasteiger partial charge in [0.15, 0.2) is 0 Å². The minimum Gasteiger partial charge on any atom is -0.491 e. The Balaban J connectivity index is 2.03. The number of para-hydroxylation sites is 1. The Kier molecular flexibility index (Phi) is 4.82. The quantitative estimate of drug-likeness (QED) is 0.791. The third-order valence-electron chi connectivity index (χ3n) is 2.98. The molecule has 3 N–H and O–H groups in total. The van der Waals surface area contributed by atoms with E-state index in [0.29, 0.717) is 18.8 Å². The van der Waals surface area contributed by atoms with Crippen LogP contribution in [0.25, 0.3) is 0 Å². The number of nitrogens with zero attached hydrogens (tertiary/aromatic N) is 1. The molecule has 0 aliphatic rings. The molecule has 2 rings (SSSR count). The topological polar surface area (TPSA) is 60.2 Å². The van der Waals surface area contributed by atoms with Gasteiger partial charge in [-0.05, 0) is 37.1 Å². The highest BCUT2D eigenvalue weighted by Crippen LogP contribution is 2.29. The van der Waals surface area contributed by atoms with E-state index in [9.17, 15) is 0 Å². The lowest BCUT2D eigenvalue weighted by Gasteiger charge is -2.13. The molecule has 4 nitrogen and oxygen atoms in total. The fraction of sp³-hybridized carbons (Fsp3) is 0.312. The standard InChI is InChI=1S/C16H21N3O/c1-3-9-20-15-6-4-5-14(16(15)17)19-11-13-8-7-12(2)18-10-13/h4-8,10,19H,3,9,11,17H2,1-2H3. The minimum absolute atomic E-state index is 0.654. The van der Waals surface area contributed by atoms with Crippen LogP contribution in [0.4, 0.5) is 11.4 Å². The van der Waals surface area contributed by atoms with Gasteiger partial charge in [0.1, 0.15) is 5.75 Å². The van der Waals surface area contributed by atoms with Crippen LogP contribution in [0.2, 0.25) is 0 Å². The zero-order valence-electron chi connectivity index (χ0n) is 12.0. The number of ether oxygens (including phenoxy) is 1. The lowest BCUT2D eigenvalue weighted by Crippen LogP contribution is -2.05. The van der Waals surface area contributed by atoms with Crippen LogP contribution >= 0.6 is 0 Å². The van der Waals surface area contributed by atoms with Crippen molar-refractivity contribution in [3.63, 3.8) is 0 Å². The van der Waals surface area contributed by atoms with Gasteiger partial charge in [0.05, 0.1) is 18.0 Å². The molecule has 106 valence electrons. The number of aromatic nitrogens is 1. The highest BCUT2D eigenvalue weighted by atomic mass is 16.5. The second-order valence-electron chi connectivity index (χ2n) is 4.73. The van der Waals surface area contributed by atoms with Crippen LogP contribution in [0.15, 0.2) is 36.5 Å². The SMILES string of the molecule is CCCOc1cccc(NCc2ccc(C)nc2)c1N. The van der Waals surface area contributed by atoms with Crippen LogP contribution in [0.5, 0.6) is 5.75 Å². The van der Waals surface area contributed by atoms with Gasteiger partial charge in [-0.25, -0.2) is 0 Å². The summed E-state index contributed by atoms with van der Waals surface area (Å²) in [5, 5.41) is 3.32. The van der Waals surface area contributed by atoms with Gasteiger partial charge < -0.3 is 15.8 Å². The first-order valence-electron chi connectivity index (χ1n) is 6.87. The number of rotatable bonds is 6. The summed E-state index contributed by atoms with van der Waals surface area (Å²) in [5.41, 5.74) is 9.79. The van der Waals surface area contributed by atoms with Crippen molar-refractivity contribution in [2.75, 3.05) is 17.7 Å². The predicted molar refractivity (Wildman–Crippen MR) is 82.9 cm³/mol. The number of hydrogen-bond donors (Lipinski definition) is 2. The van der Waals surface area contributed by atoms with Crippen molar-refractivity contribution in [2.45, 2.75) is 26.8 Å². The maximum Gasteiger partial charge on any atom is 0.144 e. The molecule has 0 spiro atoms. The Hall–Kier alpha value is -2.23. The Bertz CT molecular complexity index is 552. The molecule has 0 aliphatic carbocycles. The van der Waals surface area contributed by atoms with E-state index in [1.807, 2.05) is 37.4 Å². The van der Waals surface area contributed by atoms with Gasteiger partial charge in [0, 0.05) is 18.4 Å². The maximum absolute atomic E-state index is 6.11. The number of nitrogens with one attached hydrogen (secondary N) is 1. The Morgan fingerprint density at radius 3 is 2.80 bits per heavy atom. The maximum atomic E-state index is 6.11. The van der Waals surface area contributed by atoms with Gasteiger partial charge >= 0.3 is 0 Å². The van der Waals surface area contributed by atoms with Crippen LogP contribution in [-0.4, -0.2) is 11.6 Å². The number of anilines is 2. The molecule has 1 aromatic heterocycles. The second-order valence-corrected chi connectivity index (χ2v) is 4.73. The summed E-state index contributed by atoms with van der Waals surface area (Å²) in [7, 11) is 0. The number of hydrogen-bond acceptors (Lipinski definition) is 4. The molecule has 2 aromatic rings. The number of benzene rings is 1. The molecule has 0 fully saturated rings. The molecular weight excluding hydrogens is 250 g/mol. The first-order valence-corrected chi connectivity index (χ1v) is 6.87. The summed E-state index contributed by atoms with van der Waals surface area (Å²) >= 11 is 0. The van der Waals surface area contributed by atoms with E-state index in [1.165, 1.54) is 0 Å². The largest absolute Gasteiger partial charge is 0.491 e. The zero-order valence-corrected chi connectivity index (χ0v) is 12.0. The molecule has 0 radical (unpaired) electrons. The van der Waals surface area contributed by atoms with Gasteiger partial charge in [-0.3, -0.25) is 4.98 Å². The Labute approximate surface area is 120 Å². The lowest BCUT2D eigenvalue weighted by molar-refractivity contribution is 0.319. The van der Waals surface area contributed by atoms with E-state index in [-0.39, 0.29) is 0 Å². The third kappa shape index (κ3) is 3.63. The molecule has 0 atom stereocenters. The smallest absolute Gasteiger partial charge is 0.144 e. The van der Waals surface area contributed by atoms with Gasteiger partial charge in [-0.2, -0.15) is 0 Å². The summed E-state index contributed by atoms with van der Waals surface area (Å²) in [4.78, 5) is 4.28. The summed E-state index contributed by atoms with van der Waals surface area (Å²) in [6.07, 6.45) is 2.84. The van der Waals surface area contributed by atoms with E-state index in [1.54, 1.807) is 0 Å². The van der Waals surface area contributed by atoms with Crippen molar-refractivity contribution < 1.29 is 4.74 Å². The molecule has 0 unspecified atom stereocenters. The molecule has 4 heteroatoms. The van der Waals surface area contributed by atoms with Crippen molar-refractivity contribution in [2.24, 2.45) is 0 Å². The summed E-state index contributed by atoms with van der Waals surface area (Å²) in [6.45, 7) is 5.41. The highest BCUT2D eigenvalue weighted by molar-refractivity contribution is 5.72. The van der Waals surface area contributed by atoms with Gasteiger partial charge in [-0.1, -0.05) is 19.1 Å². The van der Waals surface area contributed by atoms with Crippen LogP contribution in [0.3, 0.4) is 0 Å². The molecule has 1 heterocycles. The molecular formula is C16H21N3O. The van der Waals surface area contributed by atoms with Crippen LogP contribution in [0, 0.1) is 6.92 Å². The van der Waals surface area contributed by atoms with E-state index >= 15 is 0 Å². The fourth-order valence-electron chi connectivity index (χ4n) is 1.84. The van der Waals surface area contributed by atoms with E-state index in [2.05, 4.69) is 23.3 Å². The lowest BCUT2D eigenvalue weighted by atomic mass is 10.2. The van der Waals surface area contributed by atoms with Crippen molar-refractivity contribution >= 4 is 11.4 Å². The number of aryl methyl sites for hydroxylation is 1. The summed E-state index contributed by atoms with van der Waals surface area (Å²) in [5.74, 6) is 0.735. The number of pyridine rings is 1. The summed E-state index contributed by atoms with van der Waals surface area (Å²) in [6, 6.07) is 9.85. The molecule has 20 heavy (non-hydrogen) atoms. The van der Waals surface area contributed by atoms with Crippen LogP contribution in [-0.2, 0) is 6.54 Å². The Morgan fingerprint density at radius 2 is 2.10 bits per heavy atom. The van der Waals surface area contributed by atoms with Gasteiger partial charge in [0.25, 0.3) is 0 Å². The minimum atomic E-state index is 0.654. The molecule has 0 saturated carbocycles. The van der Waals surface area contributed by atoms with E-state index in [4.69, 9.17) is 10.5 Å². The molecule has 1 aromatic carbocycles. The molecule has 0 amide bonds. The normalized spacial score (nSPS) is 10.3. The molecule has 0 bridgehead atoms. The Morgan fingerprint density at radius 1 is 1.25 bits per heavy atom. The van der Waals surface area contributed by atoms with E-state index < -0.39 is 0 Å². The first-order chi connectivity index (χ1) is 9.70. The third-order valence-corrected chi connectivity index (χ3v) is 2.98. The monoisotopic (exact) mass is 271 g/mol. The molecule has 0 aliphatic heterocycles. The number of nitrogens with two attached hydrogens (primary N) is 1. The van der Waals surface area contributed by atoms with Crippen molar-refractivity contribution in [1.82, 2.24) is 4.98 Å². The second kappa shape index (κ2) is 6.80. The highest BCUT2D eigenvalue weighted by Gasteiger charge is 2.05. The summed E-state index contributed by atoms with van der Waals surface area (Å²) < 4.78 is 5.62. The average Bonchev–Trinajstić information content (AvgIpc) is 2.47. The first kappa shape index (κ1) is 14.2. The van der Waals surface area contributed by atoms with E-state index in [0.717, 1.165) is 29.1 Å².